The van der Waals surface area contributed by atoms with Crippen molar-refractivity contribution in [3.63, 3.8) is 0 Å². The van der Waals surface area contributed by atoms with E-state index in [0.29, 0.717) is 6.42 Å². The normalized spacial score (nSPS) is 17.9. The summed E-state index contributed by atoms with van der Waals surface area (Å²) in [5.41, 5.74) is 2.48. The van der Waals surface area contributed by atoms with Crippen LogP contribution in [-0.4, -0.2) is 34.9 Å². The van der Waals surface area contributed by atoms with Crippen LogP contribution in [0.15, 0.2) is 54.9 Å². The smallest absolute Gasteiger partial charge is 0.224 e. The fourth-order valence-electron chi connectivity index (χ4n) is 2.80. The summed E-state index contributed by atoms with van der Waals surface area (Å²) in [5, 5.41) is 3.47. The zero-order valence-corrected chi connectivity index (χ0v) is 12.6. The van der Waals surface area contributed by atoms with Crippen molar-refractivity contribution >= 4 is 5.91 Å². The van der Waals surface area contributed by atoms with Crippen molar-refractivity contribution in [2.24, 2.45) is 0 Å². The molecule has 114 valence electrons. The molecule has 3 rings (SSSR count). The van der Waals surface area contributed by atoms with Crippen LogP contribution in [0.5, 0.6) is 0 Å². The van der Waals surface area contributed by atoms with Crippen LogP contribution in [-0.2, 0) is 17.8 Å². The first-order valence-corrected chi connectivity index (χ1v) is 7.75. The highest BCUT2D eigenvalue weighted by atomic mass is 16.2. The summed E-state index contributed by atoms with van der Waals surface area (Å²) in [4.78, 5) is 18.1. The van der Waals surface area contributed by atoms with Gasteiger partial charge in [0.2, 0.25) is 5.91 Å². The highest BCUT2D eigenvalue weighted by Crippen LogP contribution is 2.13. The molecule has 1 aliphatic heterocycles. The van der Waals surface area contributed by atoms with Gasteiger partial charge >= 0.3 is 0 Å². The molecule has 22 heavy (non-hydrogen) atoms. The van der Waals surface area contributed by atoms with Crippen molar-refractivity contribution in [2.75, 3.05) is 13.1 Å². The lowest BCUT2D eigenvalue weighted by molar-refractivity contribution is -0.127. The Morgan fingerprint density at radius 1 is 1.09 bits per heavy atom. The van der Waals surface area contributed by atoms with Crippen LogP contribution in [0.4, 0.5) is 0 Å². The largest absolute Gasteiger partial charge is 0.341 e. The zero-order chi connectivity index (χ0) is 15.2. The van der Waals surface area contributed by atoms with E-state index in [4.69, 9.17) is 0 Å². The van der Waals surface area contributed by atoms with Gasteiger partial charge in [-0.15, -0.1) is 0 Å². The van der Waals surface area contributed by atoms with Crippen molar-refractivity contribution in [3.05, 3.63) is 66.0 Å². The van der Waals surface area contributed by atoms with Gasteiger partial charge in [-0.1, -0.05) is 30.3 Å². The number of pyridine rings is 1. The van der Waals surface area contributed by atoms with Crippen LogP contribution in [0.1, 0.15) is 17.5 Å². The first kappa shape index (κ1) is 14.7. The number of hydrogen-bond donors (Lipinski definition) is 1. The molecule has 1 aromatic heterocycles. The van der Waals surface area contributed by atoms with Gasteiger partial charge in [0.25, 0.3) is 0 Å². The standard InChI is InChI=1S/C18H21N3O/c22-18-12-17(20-13-16-6-9-19-10-7-16)14-21(18)11-8-15-4-2-1-3-5-15/h1-7,9-10,17,20H,8,11-14H2/t17-/m1/s1. The maximum Gasteiger partial charge on any atom is 0.224 e. The first-order chi connectivity index (χ1) is 10.8. The Bertz CT molecular complexity index is 600. The molecule has 1 aromatic carbocycles. The molecule has 0 bridgehead atoms. The van der Waals surface area contributed by atoms with Crippen LogP contribution in [0.25, 0.3) is 0 Å². The maximum absolute atomic E-state index is 12.1. The summed E-state index contributed by atoms with van der Waals surface area (Å²) in [5.74, 6) is 0.253. The quantitative estimate of drug-likeness (QED) is 0.887. The number of carbonyl (C=O) groups excluding carboxylic acids is 1. The summed E-state index contributed by atoms with van der Waals surface area (Å²) in [6.07, 6.45) is 5.11. The van der Waals surface area contributed by atoms with E-state index in [9.17, 15) is 4.79 Å². The minimum absolute atomic E-state index is 0.247. The van der Waals surface area contributed by atoms with Crippen molar-refractivity contribution in [3.8, 4) is 0 Å². The maximum atomic E-state index is 12.1. The van der Waals surface area contributed by atoms with E-state index in [2.05, 4.69) is 22.4 Å². The van der Waals surface area contributed by atoms with E-state index in [0.717, 1.165) is 26.1 Å². The van der Waals surface area contributed by atoms with Crippen LogP contribution in [0.2, 0.25) is 0 Å². The fraction of sp³-hybridized carbons (Fsp3) is 0.333. The second-order valence-corrected chi connectivity index (χ2v) is 5.71. The molecule has 2 heterocycles. The molecule has 0 saturated carbocycles. The minimum Gasteiger partial charge on any atom is -0.341 e. The number of carbonyl (C=O) groups is 1. The summed E-state index contributed by atoms with van der Waals surface area (Å²) in [6.45, 7) is 2.39. The van der Waals surface area contributed by atoms with Crippen LogP contribution >= 0.6 is 0 Å². The van der Waals surface area contributed by atoms with Crippen LogP contribution < -0.4 is 5.32 Å². The predicted octanol–water partition coefficient (Wildman–Crippen LogP) is 2.01. The first-order valence-electron chi connectivity index (χ1n) is 7.75. The molecule has 1 atom stereocenters. The van der Waals surface area contributed by atoms with E-state index < -0.39 is 0 Å². The van der Waals surface area contributed by atoms with Gasteiger partial charge in [-0.05, 0) is 29.7 Å². The Morgan fingerprint density at radius 2 is 1.86 bits per heavy atom. The third-order valence-corrected chi connectivity index (χ3v) is 4.07. The highest BCUT2D eigenvalue weighted by molar-refractivity contribution is 5.79. The molecule has 1 fully saturated rings. The molecule has 4 nitrogen and oxygen atoms in total. The molecular weight excluding hydrogens is 274 g/mol. The number of aromatic nitrogens is 1. The number of benzene rings is 1. The summed E-state index contributed by atoms with van der Waals surface area (Å²) in [6, 6.07) is 14.6. The Morgan fingerprint density at radius 3 is 2.64 bits per heavy atom. The van der Waals surface area contributed by atoms with Gasteiger partial charge in [0.1, 0.15) is 0 Å². The molecule has 4 heteroatoms. The van der Waals surface area contributed by atoms with Crippen LogP contribution in [0.3, 0.4) is 0 Å². The molecule has 1 aliphatic rings. The van der Waals surface area contributed by atoms with Gasteiger partial charge in [0, 0.05) is 44.5 Å². The van der Waals surface area contributed by atoms with E-state index >= 15 is 0 Å². The molecular formula is C18H21N3O. The van der Waals surface area contributed by atoms with Gasteiger partial charge < -0.3 is 10.2 Å². The van der Waals surface area contributed by atoms with E-state index in [1.54, 1.807) is 12.4 Å². The van der Waals surface area contributed by atoms with Crippen molar-refractivity contribution in [1.82, 2.24) is 15.2 Å². The van der Waals surface area contributed by atoms with Gasteiger partial charge in [-0.25, -0.2) is 0 Å². The van der Waals surface area contributed by atoms with E-state index in [1.165, 1.54) is 11.1 Å². The average molecular weight is 295 g/mol. The number of rotatable bonds is 6. The number of likely N-dealkylation sites (tertiary alicyclic amines) is 1. The van der Waals surface area contributed by atoms with Crippen LogP contribution in [0, 0.1) is 0 Å². The van der Waals surface area contributed by atoms with Gasteiger partial charge in [0.05, 0.1) is 0 Å². The minimum atomic E-state index is 0.247. The summed E-state index contributed by atoms with van der Waals surface area (Å²) in [7, 11) is 0. The molecule has 0 spiro atoms. The second-order valence-electron chi connectivity index (χ2n) is 5.71. The van der Waals surface area contributed by atoms with Crippen molar-refractivity contribution in [1.29, 1.82) is 0 Å². The third kappa shape index (κ3) is 3.92. The molecule has 1 amide bonds. The predicted molar refractivity (Wildman–Crippen MR) is 86.2 cm³/mol. The average Bonchev–Trinajstić information content (AvgIpc) is 2.93. The number of amides is 1. The Hall–Kier alpha value is -2.20. The lowest BCUT2D eigenvalue weighted by atomic mass is 10.1. The lowest BCUT2D eigenvalue weighted by Crippen LogP contribution is -2.33. The van der Waals surface area contributed by atoms with Gasteiger partial charge in [-0.3, -0.25) is 9.78 Å². The molecule has 0 aliphatic carbocycles. The van der Waals surface area contributed by atoms with E-state index in [1.807, 2.05) is 35.2 Å². The van der Waals surface area contributed by atoms with E-state index in [-0.39, 0.29) is 11.9 Å². The Labute approximate surface area is 131 Å². The summed E-state index contributed by atoms with van der Waals surface area (Å²) < 4.78 is 0. The Kier molecular flexibility index (Phi) is 4.81. The molecule has 1 saturated heterocycles. The number of nitrogens with zero attached hydrogens (tertiary/aromatic N) is 2. The summed E-state index contributed by atoms with van der Waals surface area (Å²) >= 11 is 0. The second kappa shape index (κ2) is 7.18. The highest BCUT2D eigenvalue weighted by Gasteiger charge is 2.28. The molecule has 1 N–H and O–H groups in total. The van der Waals surface area contributed by atoms with Gasteiger partial charge in [-0.2, -0.15) is 0 Å². The lowest BCUT2D eigenvalue weighted by Gasteiger charge is -2.17. The SMILES string of the molecule is O=C1C[C@@H](NCc2ccncc2)CN1CCc1ccccc1. The third-order valence-electron chi connectivity index (χ3n) is 4.07. The van der Waals surface area contributed by atoms with Crippen molar-refractivity contribution < 1.29 is 4.79 Å². The topological polar surface area (TPSA) is 45.2 Å². The zero-order valence-electron chi connectivity index (χ0n) is 12.6. The number of hydrogen-bond acceptors (Lipinski definition) is 3. The molecule has 2 aromatic rings. The number of nitrogens with one attached hydrogen (secondary N) is 1. The molecule has 0 radical (unpaired) electrons. The Balaban J connectivity index is 1.46. The molecule has 0 unspecified atom stereocenters. The monoisotopic (exact) mass is 295 g/mol. The van der Waals surface area contributed by atoms with Gasteiger partial charge in [0.15, 0.2) is 0 Å². The van der Waals surface area contributed by atoms with Crippen molar-refractivity contribution in [2.45, 2.75) is 25.4 Å². The fourth-order valence-corrected chi connectivity index (χ4v) is 2.80.